The molecule has 0 spiro atoms. The third-order valence-electron chi connectivity index (χ3n) is 3.56. The van der Waals surface area contributed by atoms with Gasteiger partial charge in [-0.25, -0.2) is 0 Å². The van der Waals surface area contributed by atoms with Gasteiger partial charge in [-0.2, -0.15) is 0 Å². The zero-order valence-electron chi connectivity index (χ0n) is 11.6. The van der Waals surface area contributed by atoms with Crippen molar-refractivity contribution in [3.8, 4) is 0 Å². The molecule has 0 radical (unpaired) electrons. The van der Waals surface area contributed by atoms with Crippen LogP contribution in [0.3, 0.4) is 0 Å². The lowest BCUT2D eigenvalue weighted by molar-refractivity contribution is -0.138. The summed E-state index contributed by atoms with van der Waals surface area (Å²) in [6.07, 6.45) is 2.20. The molecule has 0 aromatic carbocycles. The average Bonchev–Trinajstić information content (AvgIpc) is 2.27. The predicted molar refractivity (Wildman–Crippen MR) is 69.3 cm³/mol. The maximum absolute atomic E-state index is 12.0. The van der Waals surface area contributed by atoms with Crippen LogP contribution in [-0.4, -0.2) is 60.5 Å². The minimum absolute atomic E-state index is 0.137. The molecule has 5 nitrogen and oxygen atoms in total. The van der Waals surface area contributed by atoms with E-state index in [4.69, 9.17) is 5.11 Å². The average molecular weight is 256 g/mol. The lowest BCUT2D eigenvalue weighted by atomic mass is 9.84. The summed E-state index contributed by atoms with van der Waals surface area (Å²) in [7, 11) is 3.76. The Bertz CT molecular complexity index is 305. The first-order valence-electron chi connectivity index (χ1n) is 6.54. The Morgan fingerprint density at radius 2 is 2.11 bits per heavy atom. The van der Waals surface area contributed by atoms with E-state index in [-0.39, 0.29) is 18.2 Å². The lowest BCUT2D eigenvalue weighted by Crippen LogP contribution is -2.45. The van der Waals surface area contributed by atoms with E-state index in [0.717, 1.165) is 19.4 Å². The maximum atomic E-state index is 12.0. The summed E-state index contributed by atoms with van der Waals surface area (Å²) >= 11 is 0. The van der Waals surface area contributed by atoms with Crippen LogP contribution in [0.15, 0.2) is 0 Å². The Morgan fingerprint density at radius 3 is 2.67 bits per heavy atom. The van der Waals surface area contributed by atoms with Gasteiger partial charge in [-0.3, -0.25) is 9.59 Å². The van der Waals surface area contributed by atoms with Gasteiger partial charge >= 0.3 is 5.97 Å². The van der Waals surface area contributed by atoms with E-state index >= 15 is 0 Å². The van der Waals surface area contributed by atoms with E-state index in [1.54, 1.807) is 0 Å². The first-order chi connectivity index (χ1) is 8.40. The highest BCUT2D eigenvalue weighted by atomic mass is 16.4. The van der Waals surface area contributed by atoms with E-state index in [0.29, 0.717) is 19.0 Å². The smallest absolute Gasteiger partial charge is 0.303 e. The molecular weight excluding hydrogens is 232 g/mol. The third-order valence-corrected chi connectivity index (χ3v) is 3.56. The molecule has 104 valence electrons. The molecule has 1 saturated heterocycles. The number of carboxylic acid groups (broad SMARTS) is 1. The maximum Gasteiger partial charge on any atom is 0.303 e. The van der Waals surface area contributed by atoms with E-state index in [9.17, 15) is 9.59 Å². The van der Waals surface area contributed by atoms with Crippen LogP contribution in [0, 0.1) is 11.8 Å². The monoisotopic (exact) mass is 256 g/mol. The number of nitrogens with zero attached hydrogens (tertiary/aromatic N) is 2. The van der Waals surface area contributed by atoms with E-state index in [1.165, 1.54) is 0 Å². The highest BCUT2D eigenvalue weighted by Crippen LogP contribution is 2.26. The fourth-order valence-electron chi connectivity index (χ4n) is 2.51. The zero-order chi connectivity index (χ0) is 13.7. The van der Waals surface area contributed by atoms with Gasteiger partial charge in [0.05, 0.1) is 6.54 Å². The summed E-state index contributed by atoms with van der Waals surface area (Å²) in [6, 6.07) is 0. The fraction of sp³-hybridized carbons (Fsp3) is 0.846. The minimum atomic E-state index is -0.751. The highest BCUT2D eigenvalue weighted by Gasteiger charge is 2.28. The van der Waals surface area contributed by atoms with Crippen molar-refractivity contribution in [2.24, 2.45) is 11.8 Å². The molecule has 18 heavy (non-hydrogen) atoms. The summed E-state index contributed by atoms with van der Waals surface area (Å²) in [5.41, 5.74) is 0. The Hall–Kier alpha value is -1.10. The van der Waals surface area contributed by atoms with Gasteiger partial charge in [-0.05, 0) is 38.8 Å². The van der Waals surface area contributed by atoms with E-state index in [1.807, 2.05) is 30.8 Å². The summed E-state index contributed by atoms with van der Waals surface area (Å²) in [5.74, 6) is -0.148. The fourth-order valence-corrected chi connectivity index (χ4v) is 2.51. The summed E-state index contributed by atoms with van der Waals surface area (Å²) < 4.78 is 0. The molecule has 0 bridgehead atoms. The SMILES string of the molecule is CC(CC(=O)O)C1CCCN(C(=O)CN(C)C)C1. The Balaban J connectivity index is 2.50. The van der Waals surface area contributed by atoms with Crippen LogP contribution >= 0.6 is 0 Å². The summed E-state index contributed by atoms with van der Waals surface area (Å²) in [4.78, 5) is 26.4. The second-order valence-electron chi connectivity index (χ2n) is 5.55. The summed E-state index contributed by atoms with van der Waals surface area (Å²) in [6.45, 7) is 3.92. The van der Waals surface area contributed by atoms with E-state index in [2.05, 4.69) is 0 Å². The lowest BCUT2D eigenvalue weighted by Gasteiger charge is -2.36. The number of carboxylic acids is 1. The van der Waals surface area contributed by atoms with Crippen LogP contribution in [0.5, 0.6) is 0 Å². The van der Waals surface area contributed by atoms with Gasteiger partial charge in [0, 0.05) is 19.5 Å². The van der Waals surface area contributed by atoms with Gasteiger partial charge in [0.2, 0.25) is 5.91 Å². The van der Waals surface area contributed by atoms with Gasteiger partial charge in [-0.15, -0.1) is 0 Å². The third kappa shape index (κ3) is 4.64. The number of carbonyl (C=O) groups excluding carboxylic acids is 1. The molecule has 0 aromatic rings. The van der Waals surface area contributed by atoms with Crippen molar-refractivity contribution in [3.05, 3.63) is 0 Å². The highest BCUT2D eigenvalue weighted by molar-refractivity contribution is 5.78. The normalized spacial score (nSPS) is 22.0. The molecule has 1 N–H and O–H groups in total. The van der Waals surface area contributed by atoms with Crippen LogP contribution in [0.4, 0.5) is 0 Å². The molecular formula is C13H24N2O3. The van der Waals surface area contributed by atoms with Crippen LogP contribution < -0.4 is 0 Å². The molecule has 1 aliphatic rings. The zero-order valence-corrected chi connectivity index (χ0v) is 11.6. The van der Waals surface area contributed by atoms with Crippen LogP contribution in [0.1, 0.15) is 26.2 Å². The van der Waals surface area contributed by atoms with Crippen LogP contribution in [0.25, 0.3) is 0 Å². The molecule has 0 saturated carbocycles. The first kappa shape index (κ1) is 15.0. The van der Waals surface area contributed by atoms with Crippen molar-refractivity contribution in [2.45, 2.75) is 26.2 Å². The van der Waals surface area contributed by atoms with Crippen molar-refractivity contribution < 1.29 is 14.7 Å². The van der Waals surface area contributed by atoms with Gasteiger partial charge in [0.1, 0.15) is 0 Å². The molecule has 1 fully saturated rings. The molecule has 1 heterocycles. The molecule has 2 unspecified atom stereocenters. The number of hydrogen-bond acceptors (Lipinski definition) is 3. The predicted octanol–water partition coefficient (Wildman–Crippen LogP) is 0.897. The number of likely N-dealkylation sites (tertiary alicyclic amines) is 1. The number of rotatable bonds is 5. The Morgan fingerprint density at radius 1 is 1.44 bits per heavy atom. The number of amides is 1. The standard InChI is InChI=1S/C13H24N2O3/c1-10(7-13(17)18)11-5-4-6-15(8-11)12(16)9-14(2)3/h10-11H,4-9H2,1-3H3,(H,17,18). The largest absolute Gasteiger partial charge is 0.481 e. The van der Waals surface area contributed by atoms with Crippen molar-refractivity contribution >= 4 is 11.9 Å². The number of carbonyl (C=O) groups is 2. The van der Waals surface area contributed by atoms with Crippen molar-refractivity contribution in [1.29, 1.82) is 0 Å². The molecule has 1 amide bonds. The van der Waals surface area contributed by atoms with Crippen molar-refractivity contribution in [2.75, 3.05) is 33.7 Å². The van der Waals surface area contributed by atoms with Crippen LogP contribution in [-0.2, 0) is 9.59 Å². The second kappa shape index (κ2) is 6.73. The Kier molecular flexibility index (Phi) is 5.59. The van der Waals surface area contributed by atoms with Gasteiger partial charge < -0.3 is 14.9 Å². The van der Waals surface area contributed by atoms with Crippen molar-refractivity contribution in [3.63, 3.8) is 0 Å². The topological polar surface area (TPSA) is 60.9 Å². The minimum Gasteiger partial charge on any atom is -0.481 e. The molecule has 2 atom stereocenters. The quantitative estimate of drug-likeness (QED) is 0.794. The van der Waals surface area contributed by atoms with Crippen molar-refractivity contribution in [1.82, 2.24) is 9.80 Å². The molecule has 0 aromatic heterocycles. The van der Waals surface area contributed by atoms with Gasteiger partial charge in [-0.1, -0.05) is 6.92 Å². The molecule has 0 aliphatic carbocycles. The number of likely N-dealkylation sites (N-methyl/N-ethyl adjacent to an activating group) is 1. The molecule has 5 heteroatoms. The number of hydrogen-bond donors (Lipinski definition) is 1. The number of piperidine rings is 1. The second-order valence-corrected chi connectivity index (χ2v) is 5.55. The molecule has 1 rings (SSSR count). The first-order valence-corrected chi connectivity index (χ1v) is 6.54. The Labute approximate surface area is 109 Å². The molecule has 1 aliphatic heterocycles. The van der Waals surface area contributed by atoms with Gasteiger partial charge in [0.25, 0.3) is 0 Å². The van der Waals surface area contributed by atoms with Crippen LogP contribution in [0.2, 0.25) is 0 Å². The number of aliphatic carboxylic acids is 1. The summed E-state index contributed by atoms with van der Waals surface area (Å²) in [5, 5.41) is 8.82. The van der Waals surface area contributed by atoms with E-state index < -0.39 is 5.97 Å². The van der Waals surface area contributed by atoms with Gasteiger partial charge in [0.15, 0.2) is 0 Å².